The van der Waals surface area contributed by atoms with E-state index in [-0.39, 0.29) is 11.9 Å². The molecule has 0 spiro atoms. The van der Waals surface area contributed by atoms with Gasteiger partial charge in [-0.1, -0.05) is 38.1 Å². The van der Waals surface area contributed by atoms with Crippen molar-refractivity contribution in [3.8, 4) is 0 Å². The van der Waals surface area contributed by atoms with Gasteiger partial charge in [0.15, 0.2) is 0 Å². The summed E-state index contributed by atoms with van der Waals surface area (Å²) < 4.78 is 15.6. The highest BCUT2D eigenvalue weighted by Crippen LogP contribution is 2.22. The van der Waals surface area contributed by atoms with Crippen molar-refractivity contribution in [1.82, 2.24) is 19.9 Å². The topological polar surface area (TPSA) is 42.7 Å². The summed E-state index contributed by atoms with van der Waals surface area (Å²) in [4.78, 5) is 9.20. The summed E-state index contributed by atoms with van der Waals surface area (Å²) in [6.45, 7) is 5.67. The zero-order valence-corrected chi connectivity index (χ0v) is 16.8. The molecular formula is C22H23FN4S. The lowest BCUT2D eigenvalue weighted by Crippen LogP contribution is -2.25. The normalized spacial score (nSPS) is 12.7. The summed E-state index contributed by atoms with van der Waals surface area (Å²) in [5.41, 5.74) is 4.14. The smallest absolute Gasteiger partial charge is 0.123 e. The van der Waals surface area contributed by atoms with Crippen molar-refractivity contribution in [2.45, 2.75) is 38.9 Å². The van der Waals surface area contributed by atoms with E-state index < -0.39 is 0 Å². The first-order valence-corrected chi connectivity index (χ1v) is 10.3. The second-order valence-electron chi connectivity index (χ2n) is 7.20. The molecule has 6 heteroatoms. The number of hydrogen-bond donors (Lipinski definition) is 1. The van der Waals surface area contributed by atoms with Gasteiger partial charge in [-0.25, -0.2) is 14.4 Å². The fraction of sp³-hybridized carbons (Fsp3) is 0.273. The number of rotatable bonds is 7. The van der Waals surface area contributed by atoms with Crippen molar-refractivity contribution in [2.24, 2.45) is 0 Å². The molecule has 0 bridgehead atoms. The van der Waals surface area contributed by atoms with Crippen LogP contribution in [0.4, 0.5) is 4.39 Å². The average Bonchev–Trinajstić information content (AvgIpc) is 3.33. The molecule has 2 aromatic carbocycles. The lowest BCUT2D eigenvalue weighted by atomic mass is 10.1. The highest BCUT2D eigenvalue weighted by molar-refractivity contribution is 7.09. The largest absolute Gasteiger partial charge is 0.329 e. The monoisotopic (exact) mass is 394 g/mol. The molecule has 0 aliphatic carbocycles. The summed E-state index contributed by atoms with van der Waals surface area (Å²) >= 11 is 1.70. The summed E-state index contributed by atoms with van der Waals surface area (Å²) in [7, 11) is 0. The number of benzene rings is 2. The Bertz CT molecular complexity index is 1050. The lowest BCUT2D eigenvalue weighted by molar-refractivity contribution is 0.464. The Morgan fingerprint density at radius 2 is 1.89 bits per heavy atom. The molecule has 4 aromatic rings. The molecule has 28 heavy (non-hydrogen) atoms. The van der Waals surface area contributed by atoms with E-state index in [9.17, 15) is 4.39 Å². The van der Waals surface area contributed by atoms with Crippen LogP contribution in [-0.2, 0) is 13.1 Å². The Hall–Kier alpha value is -2.57. The number of imidazole rings is 1. The molecular weight excluding hydrogens is 371 g/mol. The van der Waals surface area contributed by atoms with Gasteiger partial charge in [-0.15, -0.1) is 11.3 Å². The number of nitrogens with zero attached hydrogens (tertiary/aromatic N) is 3. The maximum absolute atomic E-state index is 13.4. The molecule has 0 aliphatic rings. The average molecular weight is 395 g/mol. The molecule has 1 unspecified atom stereocenters. The van der Waals surface area contributed by atoms with Gasteiger partial charge in [0.05, 0.1) is 34.1 Å². The molecule has 144 valence electrons. The molecule has 0 saturated heterocycles. The van der Waals surface area contributed by atoms with E-state index in [2.05, 4.69) is 40.2 Å². The van der Waals surface area contributed by atoms with Crippen LogP contribution in [0.25, 0.3) is 11.0 Å². The number of halogens is 1. The molecule has 2 heterocycles. The SMILES string of the molecule is CC(C)c1nc(CNC(Cn2cnc3ccccc32)c2ccc(F)cc2)cs1. The predicted molar refractivity (Wildman–Crippen MR) is 112 cm³/mol. The maximum Gasteiger partial charge on any atom is 0.123 e. The van der Waals surface area contributed by atoms with E-state index in [0.717, 1.165) is 27.3 Å². The van der Waals surface area contributed by atoms with Gasteiger partial charge in [0.2, 0.25) is 0 Å². The minimum Gasteiger partial charge on any atom is -0.329 e. The molecule has 0 saturated carbocycles. The standard InChI is InChI=1S/C22H23FN4S/c1-15(2)22-26-18(13-28-22)11-24-20(16-7-9-17(23)10-8-16)12-27-14-25-19-5-3-4-6-21(19)27/h3-10,13-15,20,24H,11-12H2,1-2H3. The molecule has 0 radical (unpaired) electrons. The van der Waals surface area contributed by atoms with Gasteiger partial charge in [0.25, 0.3) is 0 Å². The first-order chi connectivity index (χ1) is 13.6. The van der Waals surface area contributed by atoms with Gasteiger partial charge in [0, 0.05) is 24.4 Å². The van der Waals surface area contributed by atoms with E-state index in [1.54, 1.807) is 11.3 Å². The third-order valence-electron chi connectivity index (χ3n) is 4.77. The van der Waals surface area contributed by atoms with Crippen LogP contribution in [0, 0.1) is 5.82 Å². The van der Waals surface area contributed by atoms with Crippen molar-refractivity contribution in [3.05, 3.63) is 82.3 Å². The zero-order valence-electron chi connectivity index (χ0n) is 16.0. The molecule has 4 nitrogen and oxygen atoms in total. The van der Waals surface area contributed by atoms with Crippen LogP contribution in [0.3, 0.4) is 0 Å². The molecule has 2 aromatic heterocycles. The first kappa shape index (κ1) is 18.8. The van der Waals surface area contributed by atoms with Crippen molar-refractivity contribution >= 4 is 22.4 Å². The maximum atomic E-state index is 13.4. The Kier molecular flexibility index (Phi) is 5.50. The predicted octanol–water partition coefficient (Wildman–Crippen LogP) is 5.29. The summed E-state index contributed by atoms with van der Waals surface area (Å²) in [6, 6.07) is 14.8. The van der Waals surface area contributed by atoms with E-state index >= 15 is 0 Å². The second-order valence-corrected chi connectivity index (χ2v) is 8.09. The molecule has 0 aliphatic heterocycles. The Morgan fingerprint density at radius 1 is 1.11 bits per heavy atom. The van der Waals surface area contributed by atoms with E-state index in [1.165, 1.54) is 12.1 Å². The minimum absolute atomic E-state index is 0.0161. The molecule has 1 N–H and O–H groups in total. The first-order valence-electron chi connectivity index (χ1n) is 9.43. The van der Waals surface area contributed by atoms with Crippen LogP contribution in [0.1, 0.15) is 42.1 Å². The van der Waals surface area contributed by atoms with Crippen LogP contribution >= 0.6 is 11.3 Å². The van der Waals surface area contributed by atoms with Gasteiger partial charge in [0.1, 0.15) is 5.82 Å². The highest BCUT2D eigenvalue weighted by Gasteiger charge is 2.15. The van der Waals surface area contributed by atoms with Gasteiger partial charge in [-0.2, -0.15) is 0 Å². The quantitative estimate of drug-likeness (QED) is 0.463. The van der Waals surface area contributed by atoms with Crippen LogP contribution in [0.2, 0.25) is 0 Å². The van der Waals surface area contributed by atoms with Crippen molar-refractivity contribution < 1.29 is 4.39 Å². The number of nitrogens with one attached hydrogen (secondary N) is 1. The number of para-hydroxylation sites is 2. The van der Waals surface area contributed by atoms with Gasteiger partial charge in [-0.05, 0) is 29.8 Å². The fourth-order valence-electron chi connectivity index (χ4n) is 3.23. The molecule has 4 rings (SSSR count). The summed E-state index contributed by atoms with van der Waals surface area (Å²) in [5.74, 6) is 0.209. The zero-order chi connectivity index (χ0) is 19.5. The van der Waals surface area contributed by atoms with Crippen LogP contribution in [0.15, 0.2) is 60.2 Å². The number of aromatic nitrogens is 3. The van der Waals surface area contributed by atoms with Gasteiger partial charge in [-0.3, -0.25) is 0 Å². The molecule has 0 fully saturated rings. The van der Waals surface area contributed by atoms with Crippen molar-refractivity contribution in [2.75, 3.05) is 0 Å². The second kappa shape index (κ2) is 8.20. The van der Waals surface area contributed by atoms with E-state index in [4.69, 9.17) is 4.98 Å². The van der Waals surface area contributed by atoms with Crippen LogP contribution in [-0.4, -0.2) is 14.5 Å². The van der Waals surface area contributed by atoms with Crippen molar-refractivity contribution in [1.29, 1.82) is 0 Å². The number of hydrogen-bond acceptors (Lipinski definition) is 4. The third-order valence-corrected chi connectivity index (χ3v) is 5.97. The Morgan fingerprint density at radius 3 is 2.64 bits per heavy atom. The third kappa shape index (κ3) is 4.13. The van der Waals surface area contributed by atoms with Gasteiger partial charge < -0.3 is 9.88 Å². The Balaban J connectivity index is 1.57. The van der Waals surface area contributed by atoms with E-state index in [0.29, 0.717) is 19.0 Å². The van der Waals surface area contributed by atoms with E-state index in [1.807, 2.05) is 36.7 Å². The summed E-state index contributed by atoms with van der Waals surface area (Å²) in [5, 5.41) is 6.86. The fourth-order valence-corrected chi connectivity index (χ4v) is 4.07. The van der Waals surface area contributed by atoms with Crippen LogP contribution < -0.4 is 5.32 Å². The minimum atomic E-state index is -0.225. The summed E-state index contributed by atoms with van der Waals surface area (Å²) in [6.07, 6.45) is 1.86. The molecule has 1 atom stereocenters. The number of fused-ring (bicyclic) bond motifs is 1. The number of thiazole rings is 1. The van der Waals surface area contributed by atoms with Gasteiger partial charge >= 0.3 is 0 Å². The Labute approximate surface area is 168 Å². The highest BCUT2D eigenvalue weighted by atomic mass is 32.1. The van der Waals surface area contributed by atoms with Crippen LogP contribution in [0.5, 0.6) is 0 Å². The molecule has 0 amide bonds. The van der Waals surface area contributed by atoms with Crippen molar-refractivity contribution in [3.63, 3.8) is 0 Å². The lowest BCUT2D eigenvalue weighted by Gasteiger charge is -2.20.